The zero-order valence-electron chi connectivity index (χ0n) is 18.8. The predicted octanol–water partition coefficient (Wildman–Crippen LogP) is 1.88. The summed E-state index contributed by atoms with van der Waals surface area (Å²) in [5.41, 5.74) is 7.15. The molecule has 160 valence electrons. The van der Waals surface area contributed by atoms with E-state index in [0.717, 1.165) is 0 Å². The van der Waals surface area contributed by atoms with Gasteiger partial charge in [-0.3, -0.25) is 0 Å². The van der Waals surface area contributed by atoms with Crippen LogP contribution in [0.2, 0.25) is 0 Å². The Hall–Kier alpha value is 0.163. The molecule has 0 N–H and O–H groups in total. The number of hydrogen-bond acceptors (Lipinski definition) is 0. The van der Waals surface area contributed by atoms with E-state index in [4.69, 9.17) is 0 Å². The summed E-state index contributed by atoms with van der Waals surface area (Å²) < 4.78 is 0. The van der Waals surface area contributed by atoms with Crippen LogP contribution in [-0.2, 0) is 37.0 Å². The summed E-state index contributed by atoms with van der Waals surface area (Å²) in [7, 11) is 0. The molecule has 0 aromatic heterocycles. The van der Waals surface area contributed by atoms with Gasteiger partial charge in [0.05, 0.1) is 0 Å². The Bertz CT molecular complexity index is 625. The van der Waals surface area contributed by atoms with E-state index in [9.17, 15) is 0 Å². The molecule has 0 saturated heterocycles. The molecule has 0 unspecified atom stereocenters. The van der Waals surface area contributed by atoms with Crippen molar-refractivity contribution in [3.05, 3.63) is 58.7 Å². The molecule has 0 spiro atoms. The SMILES string of the molecule is CCC1(c2cc[c-](C)c2)CCCC1.CCC1(c2cc[c-](C)c2)CCCC1.[Cl-].[Cl-].[Zr+4]. The Labute approximate surface area is 211 Å². The molecule has 0 radical (unpaired) electrons. The van der Waals surface area contributed by atoms with Gasteiger partial charge in [-0.05, 0) is 0 Å². The first-order valence-corrected chi connectivity index (χ1v) is 11.0. The van der Waals surface area contributed by atoms with Gasteiger partial charge in [0.1, 0.15) is 0 Å². The Balaban J connectivity index is 0.000000490. The van der Waals surface area contributed by atoms with Crippen molar-refractivity contribution >= 4 is 0 Å². The fourth-order valence-corrected chi connectivity index (χ4v) is 5.58. The average Bonchev–Trinajstić information content (AvgIpc) is 3.43. The molecule has 0 aliphatic heterocycles. The minimum absolute atomic E-state index is 0. The van der Waals surface area contributed by atoms with E-state index in [1.54, 1.807) is 11.1 Å². The summed E-state index contributed by atoms with van der Waals surface area (Å²) in [4.78, 5) is 0. The molecule has 0 heterocycles. The first-order valence-electron chi connectivity index (χ1n) is 11.0. The Morgan fingerprint density at radius 3 is 1.21 bits per heavy atom. The maximum absolute atomic E-state index is 2.38. The molecule has 2 aliphatic carbocycles. The van der Waals surface area contributed by atoms with Gasteiger partial charge < -0.3 is 24.8 Å². The van der Waals surface area contributed by atoms with E-state index >= 15 is 0 Å². The van der Waals surface area contributed by atoms with Crippen LogP contribution in [0.4, 0.5) is 0 Å². The first kappa shape index (κ1) is 29.2. The Morgan fingerprint density at radius 2 is 1.00 bits per heavy atom. The van der Waals surface area contributed by atoms with Crippen LogP contribution in [0.15, 0.2) is 36.4 Å². The second-order valence-corrected chi connectivity index (χ2v) is 9.04. The van der Waals surface area contributed by atoms with E-state index in [-0.39, 0.29) is 51.0 Å². The summed E-state index contributed by atoms with van der Waals surface area (Å²) in [6.07, 6.45) is 14.0. The van der Waals surface area contributed by atoms with Crippen LogP contribution in [0.5, 0.6) is 0 Å². The molecule has 2 saturated carbocycles. The summed E-state index contributed by atoms with van der Waals surface area (Å²) in [5, 5.41) is 0. The van der Waals surface area contributed by atoms with Crippen molar-refractivity contribution in [2.75, 3.05) is 0 Å². The molecule has 4 rings (SSSR count). The predicted molar refractivity (Wildman–Crippen MR) is 114 cm³/mol. The van der Waals surface area contributed by atoms with E-state index < -0.39 is 0 Å². The normalized spacial score (nSPS) is 18.6. The van der Waals surface area contributed by atoms with Gasteiger partial charge in [-0.15, -0.1) is 0 Å². The molecule has 0 nitrogen and oxygen atoms in total. The third-order valence-corrected chi connectivity index (χ3v) is 7.52. The first-order chi connectivity index (χ1) is 12.5. The monoisotopic (exact) mass is 510 g/mol. The van der Waals surface area contributed by atoms with Crippen molar-refractivity contribution in [2.24, 2.45) is 0 Å². The van der Waals surface area contributed by atoms with Crippen molar-refractivity contribution < 1.29 is 51.0 Å². The maximum atomic E-state index is 2.38. The van der Waals surface area contributed by atoms with Gasteiger partial charge in [0.25, 0.3) is 0 Å². The van der Waals surface area contributed by atoms with Crippen molar-refractivity contribution in [3.8, 4) is 0 Å². The zero-order valence-corrected chi connectivity index (χ0v) is 22.8. The van der Waals surface area contributed by atoms with Gasteiger partial charge in [0.2, 0.25) is 0 Å². The van der Waals surface area contributed by atoms with Crippen molar-refractivity contribution in [1.82, 2.24) is 0 Å². The average molecular weight is 513 g/mol. The zero-order chi connectivity index (χ0) is 18.6. The summed E-state index contributed by atoms with van der Waals surface area (Å²) in [6, 6.07) is 14.0. The number of halogens is 2. The second-order valence-electron chi connectivity index (χ2n) is 9.04. The van der Waals surface area contributed by atoms with Crippen LogP contribution in [0.25, 0.3) is 0 Å². The molecule has 2 aromatic rings. The Morgan fingerprint density at radius 1 is 0.690 bits per heavy atom. The van der Waals surface area contributed by atoms with Gasteiger partial charge in [-0.2, -0.15) is 46.5 Å². The van der Waals surface area contributed by atoms with Gasteiger partial charge in [-0.1, -0.05) is 103 Å². The summed E-state index contributed by atoms with van der Waals surface area (Å²) in [5.74, 6) is 0. The van der Waals surface area contributed by atoms with Crippen LogP contribution < -0.4 is 24.8 Å². The minimum atomic E-state index is 0. The molecule has 3 heteroatoms. The van der Waals surface area contributed by atoms with Gasteiger partial charge >= 0.3 is 26.2 Å². The van der Waals surface area contributed by atoms with Gasteiger partial charge in [0.15, 0.2) is 0 Å². The van der Waals surface area contributed by atoms with Crippen LogP contribution in [0, 0.1) is 13.8 Å². The van der Waals surface area contributed by atoms with Crippen molar-refractivity contribution in [3.63, 3.8) is 0 Å². The molecule has 2 fully saturated rings. The van der Waals surface area contributed by atoms with Crippen LogP contribution >= 0.6 is 0 Å². The molecular weight excluding hydrogens is 474 g/mol. The fourth-order valence-electron chi connectivity index (χ4n) is 5.58. The van der Waals surface area contributed by atoms with Gasteiger partial charge in [0, 0.05) is 0 Å². The van der Waals surface area contributed by atoms with E-state index in [1.807, 2.05) is 0 Å². The van der Waals surface area contributed by atoms with Crippen molar-refractivity contribution in [1.29, 1.82) is 0 Å². The van der Waals surface area contributed by atoms with Crippen LogP contribution in [0.3, 0.4) is 0 Å². The molecule has 29 heavy (non-hydrogen) atoms. The largest absolute Gasteiger partial charge is 4.00 e. The third-order valence-electron chi connectivity index (χ3n) is 7.52. The number of hydrogen-bond donors (Lipinski definition) is 0. The summed E-state index contributed by atoms with van der Waals surface area (Å²) in [6.45, 7) is 9.07. The standard InChI is InChI=1S/2C13H19.2ClH.Zr/c2*1-3-13(8-4-5-9-13)12-7-6-11(2)10-12;;;/h2*6-7,10H,3-5,8-9H2,1-2H3;2*1H;/q2*-1;;;+4/p-2. The smallest absolute Gasteiger partial charge is 1.00 e. The quantitative estimate of drug-likeness (QED) is 0.549. The third kappa shape index (κ3) is 6.57. The van der Waals surface area contributed by atoms with Gasteiger partial charge in [-0.25, -0.2) is 12.1 Å². The Kier molecular flexibility index (Phi) is 13.0. The fraction of sp³-hybridized carbons (Fsp3) is 0.615. The molecule has 2 aliphatic rings. The van der Waals surface area contributed by atoms with Crippen LogP contribution in [-0.4, -0.2) is 0 Å². The number of rotatable bonds is 4. The second kappa shape index (κ2) is 12.9. The van der Waals surface area contributed by atoms with E-state index in [1.165, 1.54) is 75.3 Å². The molecule has 0 atom stereocenters. The molecular formula is C26H38Cl2Zr. The minimum Gasteiger partial charge on any atom is -1.00 e. The summed E-state index contributed by atoms with van der Waals surface area (Å²) >= 11 is 0. The molecule has 0 amide bonds. The number of aryl methyl sites for hydroxylation is 2. The molecule has 0 bridgehead atoms. The topological polar surface area (TPSA) is 0 Å². The van der Waals surface area contributed by atoms with E-state index in [2.05, 4.69) is 64.1 Å². The molecule has 2 aromatic carbocycles. The maximum Gasteiger partial charge on any atom is 4.00 e. The van der Waals surface area contributed by atoms with Crippen molar-refractivity contribution in [2.45, 2.75) is 103 Å². The van der Waals surface area contributed by atoms with Crippen LogP contribution in [0.1, 0.15) is 100 Å². The van der Waals surface area contributed by atoms with E-state index in [0.29, 0.717) is 10.8 Å².